The van der Waals surface area contributed by atoms with E-state index < -0.39 is 5.82 Å². The van der Waals surface area contributed by atoms with Gasteiger partial charge in [-0.2, -0.15) is 0 Å². The minimum atomic E-state index is -0.536. The van der Waals surface area contributed by atoms with Gasteiger partial charge in [-0.05, 0) is 46.0 Å². The van der Waals surface area contributed by atoms with Crippen molar-refractivity contribution in [3.05, 3.63) is 63.4 Å². The zero-order valence-electron chi connectivity index (χ0n) is 12.0. The fraction of sp³-hybridized carbons (Fsp3) is 0.235. The number of hydrogen-bond acceptors (Lipinski definition) is 2. The van der Waals surface area contributed by atoms with E-state index in [1.807, 2.05) is 12.1 Å². The van der Waals surface area contributed by atoms with Crippen LogP contribution in [0.3, 0.4) is 0 Å². The van der Waals surface area contributed by atoms with Crippen LogP contribution in [-0.2, 0) is 6.42 Å². The summed E-state index contributed by atoms with van der Waals surface area (Å²) >= 11 is 3.21. The summed E-state index contributed by atoms with van der Waals surface area (Å²) in [5, 5.41) is 0. The highest BCUT2D eigenvalue weighted by Crippen LogP contribution is 2.25. The van der Waals surface area contributed by atoms with Crippen LogP contribution in [0, 0.1) is 11.7 Å². The Labute approximate surface area is 132 Å². The van der Waals surface area contributed by atoms with Gasteiger partial charge >= 0.3 is 0 Å². The number of anilines is 1. The maximum absolute atomic E-state index is 13.3. The van der Waals surface area contributed by atoms with E-state index in [0.717, 1.165) is 6.42 Å². The molecule has 0 atom stereocenters. The van der Waals surface area contributed by atoms with E-state index in [0.29, 0.717) is 21.5 Å². The van der Waals surface area contributed by atoms with Gasteiger partial charge in [0.2, 0.25) is 0 Å². The molecule has 4 heteroatoms. The molecular formula is C17H17BrFNO. The Morgan fingerprint density at radius 2 is 1.86 bits per heavy atom. The molecule has 0 aliphatic carbocycles. The van der Waals surface area contributed by atoms with E-state index in [9.17, 15) is 9.18 Å². The Balaban J connectivity index is 2.30. The van der Waals surface area contributed by atoms with Crippen molar-refractivity contribution in [2.24, 2.45) is 5.92 Å². The minimum absolute atomic E-state index is 0.0297. The molecule has 2 N–H and O–H groups in total. The number of nitrogens with two attached hydrogens (primary N) is 1. The number of hydrogen-bond donors (Lipinski definition) is 1. The first kappa shape index (κ1) is 15.7. The zero-order valence-corrected chi connectivity index (χ0v) is 13.6. The topological polar surface area (TPSA) is 43.1 Å². The molecule has 0 bridgehead atoms. The Morgan fingerprint density at radius 3 is 2.43 bits per heavy atom. The van der Waals surface area contributed by atoms with Gasteiger partial charge in [-0.3, -0.25) is 4.79 Å². The van der Waals surface area contributed by atoms with E-state index >= 15 is 0 Å². The van der Waals surface area contributed by atoms with Crippen molar-refractivity contribution in [2.75, 3.05) is 5.73 Å². The zero-order chi connectivity index (χ0) is 15.6. The highest BCUT2D eigenvalue weighted by atomic mass is 79.9. The molecule has 2 nitrogen and oxygen atoms in total. The highest BCUT2D eigenvalue weighted by molar-refractivity contribution is 9.10. The summed E-state index contributed by atoms with van der Waals surface area (Å²) in [7, 11) is 0. The van der Waals surface area contributed by atoms with Gasteiger partial charge in [-0.15, -0.1) is 0 Å². The van der Waals surface area contributed by atoms with Crippen molar-refractivity contribution in [3.63, 3.8) is 0 Å². The Kier molecular flexibility index (Phi) is 4.78. The first-order valence-corrected chi connectivity index (χ1v) is 7.56. The standard InChI is InChI=1S/C17H17BrFNO/c1-10(2)7-11-3-5-12(6-4-11)17(21)13-8-16(20)15(19)9-14(13)18/h3-6,8-10H,7,20H2,1-2H3. The van der Waals surface area contributed by atoms with E-state index in [4.69, 9.17) is 5.73 Å². The van der Waals surface area contributed by atoms with E-state index in [1.165, 1.54) is 17.7 Å². The normalized spacial score (nSPS) is 10.9. The fourth-order valence-electron chi connectivity index (χ4n) is 2.16. The summed E-state index contributed by atoms with van der Waals surface area (Å²) < 4.78 is 13.7. The number of benzene rings is 2. The van der Waals surface area contributed by atoms with E-state index in [-0.39, 0.29) is 11.5 Å². The van der Waals surface area contributed by atoms with Crippen molar-refractivity contribution in [1.82, 2.24) is 0 Å². The molecule has 2 aromatic rings. The molecule has 0 spiro atoms. The third-order valence-corrected chi connectivity index (χ3v) is 3.85. The minimum Gasteiger partial charge on any atom is -0.396 e. The SMILES string of the molecule is CC(C)Cc1ccc(C(=O)c2cc(N)c(F)cc2Br)cc1. The van der Waals surface area contributed by atoms with Crippen molar-refractivity contribution in [2.45, 2.75) is 20.3 Å². The molecule has 0 unspecified atom stereocenters. The van der Waals surface area contributed by atoms with Crippen LogP contribution in [0.2, 0.25) is 0 Å². The van der Waals surface area contributed by atoms with Crippen LogP contribution in [-0.4, -0.2) is 5.78 Å². The lowest BCUT2D eigenvalue weighted by molar-refractivity contribution is 0.103. The molecule has 0 radical (unpaired) electrons. The molecule has 0 saturated heterocycles. The summed E-state index contributed by atoms with van der Waals surface area (Å²) in [5.41, 5.74) is 7.63. The second-order valence-electron chi connectivity index (χ2n) is 5.48. The van der Waals surface area contributed by atoms with Crippen molar-refractivity contribution >= 4 is 27.4 Å². The maximum atomic E-state index is 13.3. The molecule has 21 heavy (non-hydrogen) atoms. The third-order valence-electron chi connectivity index (χ3n) is 3.19. The van der Waals surface area contributed by atoms with Gasteiger partial charge in [0.25, 0.3) is 0 Å². The molecule has 2 rings (SSSR count). The first-order chi connectivity index (χ1) is 9.88. The molecule has 2 aromatic carbocycles. The number of ketones is 1. The average Bonchev–Trinajstić information content (AvgIpc) is 2.42. The molecular weight excluding hydrogens is 333 g/mol. The van der Waals surface area contributed by atoms with E-state index in [1.54, 1.807) is 12.1 Å². The molecule has 0 aromatic heterocycles. The van der Waals surface area contributed by atoms with Gasteiger partial charge in [0.15, 0.2) is 5.78 Å². The number of halogens is 2. The van der Waals surface area contributed by atoms with Crippen LogP contribution in [0.5, 0.6) is 0 Å². The van der Waals surface area contributed by atoms with Gasteiger partial charge in [0.1, 0.15) is 5.82 Å². The predicted molar refractivity (Wildman–Crippen MR) is 86.9 cm³/mol. The molecule has 0 aliphatic heterocycles. The largest absolute Gasteiger partial charge is 0.396 e. The number of rotatable bonds is 4. The van der Waals surface area contributed by atoms with Gasteiger partial charge in [-0.1, -0.05) is 38.1 Å². The third kappa shape index (κ3) is 3.70. The van der Waals surface area contributed by atoms with Crippen LogP contribution >= 0.6 is 15.9 Å². The van der Waals surface area contributed by atoms with Crippen molar-refractivity contribution in [3.8, 4) is 0 Å². The summed E-state index contributed by atoms with van der Waals surface area (Å²) in [5.74, 6) is -0.145. The first-order valence-electron chi connectivity index (χ1n) is 6.76. The van der Waals surface area contributed by atoms with Gasteiger partial charge in [0, 0.05) is 15.6 Å². The lowest BCUT2D eigenvalue weighted by Crippen LogP contribution is -2.05. The summed E-state index contributed by atoms with van der Waals surface area (Å²) in [6.45, 7) is 4.30. The highest BCUT2D eigenvalue weighted by Gasteiger charge is 2.15. The van der Waals surface area contributed by atoms with Crippen molar-refractivity contribution < 1.29 is 9.18 Å². The Morgan fingerprint density at radius 1 is 1.24 bits per heavy atom. The van der Waals surface area contributed by atoms with Crippen LogP contribution < -0.4 is 5.73 Å². The Hall–Kier alpha value is -1.68. The second kappa shape index (κ2) is 6.39. The lowest BCUT2D eigenvalue weighted by Gasteiger charge is -2.08. The van der Waals surface area contributed by atoms with Crippen LogP contribution in [0.4, 0.5) is 10.1 Å². The average molecular weight is 350 g/mol. The molecule has 0 heterocycles. The molecule has 0 saturated carbocycles. The van der Waals surface area contributed by atoms with Gasteiger partial charge < -0.3 is 5.73 Å². The molecule has 110 valence electrons. The predicted octanol–water partition coefficient (Wildman–Crippen LogP) is 4.60. The van der Waals surface area contributed by atoms with E-state index in [2.05, 4.69) is 29.8 Å². The monoisotopic (exact) mass is 349 g/mol. The molecule has 0 amide bonds. The Bertz CT molecular complexity index is 665. The van der Waals surface area contributed by atoms with Crippen LogP contribution in [0.1, 0.15) is 35.3 Å². The molecule has 0 aliphatic rings. The fourth-order valence-corrected chi connectivity index (χ4v) is 2.65. The van der Waals surface area contributed by atoms with Gasteiger partial charge in [0.05, 0.1) is 5.69 Å². The van der Waals surface area contributed by atoms with Crippen LogP contribution in [0.15, 0.2) is 40.9 Å². The second-order valence-corrected chi connectivity index (χ2v) is 6.33. The number of carbonyl (C=O) groups is 1. The van der Waals surface area contributed by atoms with Gasteiger partial charge in [-0.25, -0.2) is 4.39 Å². The number of nitrogen functional groups attached to an aromatic ring is 1. The smallest absolute Gasteiger partial charge is 0.194 e. The number of carbonyl (C=O) groups excluding carboxylic acids is 1. The quantitative estimate of drug-likeness (QED) is 0.647. The summed E-state index contributed by atoms with van der Waals surface area (Å²) in [6.07, 6.45) is 0.974. The summed E-state index contributed by atoms with van der Waals surface area (Å²) in [4.78, 5) is 12.5. The van der Waals surface area contributed by atoms with Crippen LogP contribution in [0.25, 0.3) is 0 Å². The maximum Gasteiger partial charge on any atom is 0.194 e. The lowest BCUT2D eigenvalue weighted by atomic mass is 9.98. The van der Waals surface area contributed by atoms with Crippen molar-refractivity contribution in [1.29, 1.82) is 0 Å². The molecule has 0 fully saturated rings. The summed E-state index contributed by atoms with van der Waals surface area (Å²) in [6, 6.07) is 10.1.